The second-order valence-corrected chi connectivity index (χ2v) is 5.66. The summed E-state index contributed by atoms with van der Waals surface area (Å²) in [6.07, 6.45) is 2.24. The van der Waals surface area contributed by atoms with Gasteiger partial charge in [0.15, 0.2) is 5.69 Å². The van der Waals surface area contributed by atoms with Gasteiger partial charge >= 0.3 is 5.97 Å². The summed E-state index contributed by atoms with van der Waals surface area (Å²) < 4.78 is 14.7. The van der Waals surface area contributed by atoms with Crippen molar-refractivity contribution in [3.63, 3.8) is 0 Å². The van der Waals surface area contributed by atoms with E-state index < -0.39 is 11.9 Å². The van der Waals surface area contributed by atoms with Gasteiger partial charge in [0.1, 0.15) is 12.4 Å². The fraction of sp³-hybridized carbons (Fsp3) is 0.353. The molecule has 6 nitrogen and oxygen atoms in total. The fourth-order valence-corrected chi connectivity index (χ4v) is 2.39. The number of rotatable bonds is 6. The van der Waals surface area contributed by atoms with Gasteiger partial charge in [-0.25, -0.2) is 9.07 Å². The van der Waals surface area contributed by atoms with Crippen LogP contribution in [0.1, 0.15) is 36.3 Å². The van der Waals surface area contributed by atoms with Gasteiger partial charge in [0.2, 0.25) is 0 Å². The van der Waals surface area contributed by atoms with Crippen molar-refractivity contribution >= 4 is 11.9 Å². The molecule has 7 heteroatoms. The van der Waals surface area contributed by atoms with Crippen molar-refractivity contribution in [2.45, 2.75) is 33.2 Å². The van der Waals surface area contributed by atoms with E-state index in [0.717, 1.165) is 0 Å². The average molecular weight is 333 g/mol. The maximum absolute atomic E-state index is 13.2. The van der Waals surface area contributed by atoms with Crippen LogP contribution in [0.15, 0.2) is 30.5 Å². The lowest BCUT2D eigenvalue weighted by atomic mass is 10.2. The van der Waals surface area contributed by atoms with Crippen molar-refractivity contribution in [2.24, 2.45) is 0 Å². The van der Waals surface area contributed by atoms with Gasteiger partial charge in [0.05, 0.1) is 5.69 Å². The van der Waals surface area contributed by atoms with Crippen LogP contribution in [0.2, 0.25) is 0 Å². The number of aromatic nitrogens is 2. The van der Waals surface area contributed by atoms with Crippen LogP contribution < -0.4 is 0 Å². The summed E-state index contributed by atoms with van der Waals surface area (Å²) >= 11 is 0. The van der Waals surface area contributed by atoms with Crippen LogP contribution in [0.4, 0.5) is 4.39 Å². The molecule has 0 bridgehead atoms. The Bertz CT molecular complexity index is 757. The zero-order chi connectivity index (χ0) is 17.9. The van der Waals surface area contributed by atoms with E-state index in [0.29, 0.717) is 17.7 Å². The molecule has 0 radical (unpaired) electrons. The molecular weight excluding hydrogens is 313 g/mol. The minimum atomic E-state index is -1.07. The third kappa shape index (κ3) is 3.79. The number of nitrogens with zero attached hydrogens (tertiary/aromatic N) is 3. The van der Waals surface area contributed by atoms with Crippen molar-refractivity contribution in [2.75, 3.05) is 6.54 Å². The smallest absolute Gasteiger partial charge is 0.323 e. The van der Waals surface area contributed by atoms with Crippen molar-refractivity contribution in [3.05, 3.63) is 47.5 Å². The molecule has 0 fully saturated rings. The number of carbonyl (C=O) groups is 2. The third-order valence-electron chi connectivity index (χ3n) is 3.90. The van der Waals surface area contributed by atoms with Gasteiger partial charge in [0, 0.05) is 12.2 Å². The Balaban J connectivity index is 2.30. The summed E-state index contributed by atoms with van der Waals surface area (Å²) in [5.74, 6) is -1.85. The van der Waals surface area contributed by atoms with Crippen LogP contribution in [0.3, 0.4) is 0 Å². The Kier molecular flexibility index (Phi) is 5.33. The Labute approximate surface area is 139 Å². The molecular formula is C17H20FN3O3. The van der Waals surface area contributed by atoms with Crippen LogP contribution >= 0.6 is 0 Å². The van der Waals surface area contributed by atoms with E-state index in [1.54, 1.807) is 26.1 Å². The average Bonchev–Trinajstić information content (AvgIpc) is 3.00. The van der Waals surface area contributed by atoms with Crippen molar-refractivity contribution in [3.8, 4) is 5.69 Å². The first-order chi connectivity index (χ1) is 11.3. The zero-order valence-corrected chi connectivity index (χ0v) is 13.9. The van der Waals surface area contributed by atoms with E-state index in [1.807, 2.05) is 6.92 Å². The topological polar surface area (TPSA) is 75.4 Å². The van der Waals surface area contributed by atoms with Crippen LogP contribution in [-0.2, 0) is 4.79 Å². The highest BCUT2D eigenvalue weighted by Crippen LogP contribution is 2.16. The minimum Gasteiger partial charge on any atom is -0.480 e. The van der Waals surface area contributed by atoms with Gasteiger partial charge in [-0.15, -0.1) is 0 Å². The van der Waals surface area contributed by atoms with E-state index in [9.17, 15) is 14.0 Å². The summed E-state index contributed by atoms with van der Waals surface area (Å²) in [6.45, 7) is 5.04. The summed E-state index contributed by atoms with van der Waals surface area (Å²) in [6, 6.07) is 5.60. The SMILES string of the molecule is CCC(C)N(CC(=O)O)C(=O)c1ccn(-c2ccc(F)cc2C)n1. The number of amides is 1. The zero-order valence-electron chi connectivity index (χ0n) is 13.9. The largest absolute Gasteiger partial charge is 0.480 e. The number of halogens is 1. The molecule has 2 aromatic rings. The second-order valence-electron chi connectivity index (χ2n) is 5.66. The van der Waals surface area contributed by atoms with Crippen LogP contribution in [0.5, 0.6) is 0 Å². The number of aliphatic carboxylic acids is 1. The Morgan fingerprint density at radius 3 is 2.67 bits per heavy atom. The lowest BCUT2D eigenvalue weighted by molar-refractivity contribution is -0.138. The lowest BCUT2D eigenvalue weighted by Crippen LogP contribution is -2.42. The minimum absolute atomic E-state index is 0.153. The quantitative estimate of drug-likeness (QED) is 0.882. The van der Waals surface area contributed by atoms with Crippen molar-refractivity contribution < 1.29 is 19.1 Å². The Morgan fingerprint density at radius 1 is 1.38 bits per heavy atom. The predicted octanol–water partition coefficient (Wildman–Crippen LogP) is 2.65. The molecule has 0 aliphatic heterocycles. The number of carbonyl (C=O) groups excluding carboxylic acids is 1. The molecule has 0 aliphatic rings. The van der Waals surface area contributed by atoms with Crippen LogP contribution in [-0.4, -0.2) is 44.3 Å². The summed E-state index contributed by atoms with van der Waals surface area (Å²) in [7, 11) is 0. The molecule has 1 heterocycles. The standard InChI is InChI=1S/C17H20FN3O3/c1-4-12(3)20(10-16(22)23)17(24)14-7-8-21(19-14)15-6-5-13(18)9-11(15)2/h5-9,12H,4,10H2,1-3H3,(H,22,23). The third-order valence-corrected chi connectivity index (χ3v) is 3.90. The lowest BCUT2D eigenvalue weighted by Gasteiger charge is -2.26. The summed E-state index contributed by atoms with van der Waals surface area (Å²) in [5, 5.41) is 13.2. The molecule has 2 rings (SSSR count). The number of carboxylic acid groups (broad SMARTS) is 1. The van der Waals surface area contributed by atoms with Crippen LogP contribution in [0.25, 0.3) is 5.69 Å². The van der Waals surface area contributed by atoms with Crippen molar-refractivity contribution in [1.29, 1.82) is 0 Å². The molecule has 1 unspecified atom stereocenters. The molecule has 0 spiro atoms. The van der Waals surface area contributed by atoms with Gasteiger partial charge in [-0.3, -0.25) is 9.59 Å². The first-order valence-corrected chi connectivity index (χ1v) is 7.68. The van der Waals surface area contributed by atoms with Gasteiger partial charge in [0.25, 0.3) is 5.91 Å². The normalized spacial score (nSPS) is 12.0. The molecule has 1 amide bonds. The molecule has 24 heavy (non-hydrogen) atoms. The number of hydrogen-bond acceptors (Lipinski definition) is 3. The molecule has 0 saturated heterocycles. The second kappa shape index (κ2) is 7.25. The highest BCUT2D eigenvalue weighted by Gasteiger charge is 2.24. The summed E-state index contributed by atoms with van der Waals surface area (Å²) in [5.41, 5.74) is 1.49. The predicted molar refractivity (Wildman–Crippen MR) is 86.7 cm³/mol. The first kappa shape index (κ1) is 17.7. The highest BCUT2D eigenvalue weighted by atomic mass is 19.1. The fourth-order valence-electron chi connectivity index (χ4n) is 2.39. The number of carboxylic acids is 1. The Morgan fingerprint density at radius 2 is 2.08 bits per heavy atom. The Hall–Kier alpha value is -2.70. The highest BCUT2D eigenvalue weighted by molar-refractivity contribution is 5.94. The molecule has 1 aromatic carbocycles. The van der Waals surface area contributed by atoms with E-state index in [-0.39, 0.29) is 24.1 Å². The number of benzene rings is 1. The molecule has 1 aromatic heterocycles. The van der Waals surface area contributed by atoms with Gasteiger partial charge in [-0.1, -0.05) is 6.92 Å². The van der Waals surface area contributed by atoms with Crippen LogP contribution in [0, 0.1) is 12.7 Å². The van der Waals surface area contributed by atoms with E-state index in [2.05, 4.69) is 5.10 Å². The van der Waals surface area contributed by atoms with Gasteiger partial charge in [-0.2, -0.15) is 5.10 Å². The van der Waals surface area contributed by atoms with E-state index >= 15 is 0 Å². The van der Waals surface area contributed by atoms with E-state index in [4.69, 9.17) is 5.11 Å². The van der Waals surface area contributed by atoms with E-state index in [1.165, 1.54) is 27.8 Å². The monoisotopic (exact) mass is 333 g/mol. The molecule has 0 saturated carbocycles. The maximum Gasteiger partial charge on any atom is 0.323 e. The van der Waals surface area contributed by atoms with Crippen molar-refractivity contribution in [1.82, 2.24) is 14.7 Å². The van der Waals surface area contributed by atoms with Gasteiger partial charge in [-0.05, 0) is 50.1 Å². The number of aryl methyl sites for hydroxylation is 1. The summed E-state index contributed by atoms with van der Waals surface area (Å²) in [4.78, 5) is 24.9. The first-order valence-electron chi connectivity index (χ1n) is 7.68. The van der Waals surface area contributed by atoms with Gasteiger partial charge < -0.3 is 10.0 Å². The molecule has 0 aliphatic carbocycles. The molecule has 128 valence electrons. The maximum atomic E-state index is 13.2. The number of hydrogen-bond donors (Lipinski definition) is 1. The molecule has 1 N–H and O–H groups in total. The molecule has 1 atom stereocenters.